The van der Waals surface area contributed by atoms with Gasteiger partial charge in [-0.15, -0.1) is 10.2 Å². The number of hydrogen-bond donors (Lipinski definition) is 1. The average Bonchev–Trinajstić information content (AvgIpc) is 2.87. The maximum atomic E-state index is 6.10. The molecule has 0 aliphatic rings. The first kappa shape index (κ1) is 12.8. The van der Waals surface area contributed by atoms with Crippen LogP contribution < -0.4 is 5.73 Å². The summed E-state index contributed by atoms with van der Waals surface area (Å²) in [4.78, 5) is 0. The molecular formula is C14H19N3O. The van der Waals surface area contributed by atoms with Crippen molar-refractivity contribution >= 4 is 0 Å². The molecule has 96 valence electrons. The number of benzene rings is 1. The monoisotopic (exact) mass is 245 g/mol. The number of rotatable bonds is 5. The highest BCUT2D eigenvalue weighted by Crippen LogP contribution is 2.19. The van der Waals surface area contributed by atoms with Gasteiger partial charge < -0.3 is 10.2 Å². The Morgan fingerprint density at radius 3 is 2.61 bits per heavy atom. The Morgan fingerprint density at radius 2 is 1.94 bits per heavy atom. The molecule has 0 radical (unpaired) electrons. The highest BCUT2D eigenvalue weighted by molar-refractivity contribution is 5.22. The lowest BCUT2D eigenvalue weighted by molar-refractivity contribution is 0.402. The van der Waals surface area contributed by atoms with Crippen LogP contribution in [0.1, 0.15) is 43.7 Å². The zero-order valence-corrected chi connectivity index (χ0v) is 10.8. The van der Waals surface area contributed by atoms with Gasteiger partial charge in [0.05, 0.1) is 0 Å². The van der Waals surface area contributed by atoms with Gasteiger partial charge in [0.1, 0.15) is 6.04 Å². The maximum absolute atomic E-state index is 6.10. The Hall–Kier alpha value is -1.68. The normalized spacial score (nSPS) is 14.4. The summed E-state index contributed by atoms with van der Waals surface area (Å²) >= 11 is 0. The van der Waals surface area contributed by atoms with E-state index in [1.165, 1.54) is 0 Å². The van der Waals surface area contributed by atoms with Gasteiger partial charge in [-0.1, -0.05) is 50.6 Å². The van der Waals surface area contributed by atoms with E-state index in [4.69, 9.17) is 10.2 Å². The highest BCUT2D eigenvalue weighted by Gasteiger charge is 2.16. The molecule has 2 rings (SSSR count). The van der Waals surface area contributed by atoms with E-state index in [0.717, 1.165) is 18.4 Å². The van der Waals surface area contributed by atoms with Crippen molar-refractivity contribution in [1.82, 2.24) is 10.2 Å². The average molecular weight is 245 g/mol. The van der Waals surface area contributed by atoms with E-state index < -0.39 is 0 Å². The molecule has 2 unspecified atom stereocenters. The molecule has 4 nitrogen and oxygen atoms in total. The van der Waals surface area contributed by atoms with Crippen LogP contribution >= 0.6 is 0 Å². The standard InChI is InChI=1S/C14H19N3O/c1-3-10(2)9-12-16-17-14(18-12)13(15)11-7-5-4-6-8-11/h4-8,10,13H,3,9,15H2,1-2H3. The zero-order chi connectivity index (χ0) is 13.0. The van der Waals surface area contributed by atoms with Crippen LogP contribution in [-0.4, -0.2) is 10.2 Å². The van der Waals surface area contributed by atoms with Gasteiger partial charge in [0.25, 0.3) is 0 Å². The molecule has 0 saturated carbocycles. The summed E-state index contributed by atoms with van der Waals surface area (Å²) in [5.74, 6) is 1.71. The fraction of sp³-hybridized carbons (Fsp3) is 0.429. The van der Waals surface area contributed by atoms with Gasteiger partial charge in [-0.25, -0.2) is 0 Å². The van der Waals surface area contributed by atoms with Crippen LogP contribution in [0, 0.1) is 5.92 Å². The molecule has 1 heterocycles. The fourth-order valence-corrected chi connectivity index (χ4v) is 1.72. The van der Waals surface area contributed by atoms with E-state index >= 15 is 0 Å². The van der Waals surface area contributed by atoms with Crippen molar-refractivity contribution in [3.63, 3.8) is 0 Å². The van der Waals surface area contributed by atoms with Crippen LogP contribution in [0.5, 0.6) is 0 Å². The topological polar surface area (TPSA) is 64.9 Å². The highest BCUT2D eigenvalue weighted by atomic mass is 16.4. The lowest BCUT2D eigenvalue weighted by Crippen LogP contribution is -2.12. The van der Waals surface area contributed by atoms with E-state index in [9.17, 15) is 0 Å². The predicted octanol–water partition coefficient (Wildman–Crippen LogP) is 2.71. The molecule has 0 aliphatic heterocycles. The molecule has 18 heavy (non-hydrogen) atoms. The smallest absolute Gasteiger partial charge is 0.237 e. The summed E-state index contributed by atoms with van der Waals surface area (Å²) in [7, 11) is 0. The van der Waals surface area contributed by atoms with Gasteiger partial charge in [0.2, 0.25) is 11.8 Å². The van der Waals surface area contributed by atoms with E-state index in [-0.39, 0.29) is 6.04 Å². The first-order valence-corrected chi connectivity index (χ1v) is 6.33. The van der Waals surface area contributed by atoms with Crippen LogP contribution in [0.15, 0.2) is 34.7 Å². The second kappa shape index (κ2) is 5.78. The molecule has 1 aromatic carbocycles. The number of nitrogens with two attached hydrogens (primary N) is 1. The summed E-state index contributed by atoms with van der Waals surface area (Å²) in [6.45, 7) is 4.32. The molecule has 0 aliphatic carbocycles. The van der Waals surface area contributed by atoms with Crippen LogP contribution in [0.2, 0.25) is 0 Å². The van der Waals surface area contributed by atoms with Crippen LogP contribution in [0.25, 0.3) is 0 Å². The molecule has 1 aromatic heterocycles. The Balaban J connectivity index is 2.10. The third-order valence-electron chi connectivity index (χ3n) is 3.13. The summed E-state index contributed by atoms with van der Waals surface area (Å²) < 4.78 is 5.63. The summed E-state index contributed by atoms with van der Waals surface area (Å²) in [6.07, 6.45) is 1.91. The van der Waals surface area contributed by atoms with Crippen LogP contribution in [-0.2, 0) is 6.42 Å². The van der Waals surface area contributed by atoms with Crippen molar-refractivity contribution in [2.24, 2.45) is 11.7 Å². The van der Waals surface area contributed by atoms with Crippen molar-refractivity contribution < 1.29 is 4.42 Å². The molecular weight excluding hydrogens is 226 g/mol. The van der Waals surface area contributed by atoms with Crippen molar-refractivity contribution in [2.75, 3.05) is 0 Å². The van der Waals surface area contributed by atoms with Gasteiger partial charge in [-0.05, 0) is 11.5 Å². The first-order chi connectivity index (χ1) is 8.70. The zero-order valence-electron chi connectivity index (χ0n) is 10.8. The third kappa shape index (κ3) is 2.96. The van der Waals surface area contributed by atoms with Gasteiger partial charge in [0, 0.05) is 6.42 Å². The van der Waals surface area contributed by atoms with Crippen LogP contribution in [0.3, 0.4) is 0 Å². The minimum Gasteiger partial charge on any atom is -0.423 e. The minimum absolute atomic E-state index is 0.343. The van der Waals surface area contributed by atoms with Gasteiger partial charge in [-0.3, -0.25) is 0 Å². The number of hydrogen-bond acceptors (Lipinski definition) is 4. The molecule has 0 fully saturated rings. The Kier molecular flexibility index (Phi) is 4.10. The molecule has 0 saturated heterocycles. The Bertz CT molecular complexity index is 481. The molecule has 0 amide bonds. The number of aromatic nitrogens is 2. The van der Waals surface area contributed by atoms with E-state index in [1.54, 1.807) is 0 Å². The second-order valence-electron chi connectivity index (χ2n) is 4.64. The SMILES string of the molecule is CCC(C)Cc1nnc(C(N)c2ccccc2)o1. The molecule has 0 bridgehead atoms. The van der Waals surface area contributed by atoms with Gasteiger partial charge >= 0.3 is 0 Å². The number of nitrogens with zero attached hydrogens (tertiary/aromatic N) is 2. The predicted molar refractivity (Wildman–Crippen MR) is 69.9 cm³/mol. The lowest BCUT2D eigenvalue weighted by atomic mass is 10.1. The van der Waals surface area contributed by atoms with Crippen molar-refractivity contribution in [2.45, 2.75) is 32.7 Å². The third-order valence-corrected chi connectivity index (χ3v) is 3.13. The van der Waals surface area contributed by atoms with E-state index in [0.29, 0.717) is 17.7 Å². The van der Waals surface area contributed by atoms with Gasteiger partial charge in [-0.2, -0.15) is 0 Å². The quantitative estimate of drug-likeness (QED) is 0.879. The van der Waals surface area contributed by atoms with Crippen molar-refractivity contribution in [3.8, 4) is 0 Å². The van der Waals surface area contributed by atoms with E-state index in [2.05, 4.69) is 24.0 Å². The minimum atomic E-state index is -0.343. The first-order valence-electron chi connectivity index (χ1n) is 6.33. The summed E-state index contributed by atoms with van der Waals surface area (Å²) in [5, 5.41) is 8.09. The molecule has 0 spiro atoms. The Labute approximate surface area is 107 Å². The molecule has 4 heteroatoms. The molecule has 2 atom stereocenters. The van der Waals surface area contributed by atoms with Gasteiger partial charge in [0.15, 0.2) is 0 Å². The summed E-state index contributed by atoms with van der Waals surface area (Å²) in [5.41, 5.74) is 7.08. The maximum Gasteiger partial charge on any atom is 0.237 e. The fourth-order valence-electron chi connectivity index (χ4n) is 1.72. The summed E-state index contributed by atoms with van der Waals surface area (Å²) in [6, 6.07) is 9.44. The lowest BCUT2D eigenvalue weighted by Gasteiger charge is -2.06. The van der Waals surface area contributed by atoms with Crippen molar-refractivity contribution in [3.05, 3.63) is 47.7 Å². The second-order valence-corrected chi connectivity index (χ2v) is 4.64. The Morgan fingerprint density at radius 1 is 1.22 bits per heavy atom. The van der Waals surface area contributed by atoms with Crippen LogP contribution in [0.4, 0.5) is 0 Å². The molecule has 2 N–H and O–H groups in total. The van der Waals surface area contributed by atoms with Crippen molar-refractivity contribution in [1.29, 1.82) is 0 Å². The largest absolute Gasteiger partial charge is 0.423 e. The van der Waals surface area contributed by atoms with E-state index in [1.807, 2.05) is 30.3 Å². The molecule has 2 aromatic rings.